The van der Waals surface area contributed by atoms with Crippen molar-refractivity contribution in [1.29, 1.82) is 0 Å². The van der Waals surface area contributed by atoms with Gasteiger partial charge in [-0.25, -0.2) is 0 Å². The van der Waals surface area contributed by atoms with E-state index in [0.717, 1.165) is 25.5 Å². The Bertz CT molecular complexity index is 511. The van der Waals surface area contributed by atoms with Gasteiger partial charge in [0, 0.05) is 0 Å². The average Bonchev–Trinajstić information content (AvgIpc) is 2.54. The van der Waals surface area contributed by atoms with Crippen LogP contribution in [0.2, 0.25) is 0 Å². The summed E-state index contributed by atoms with van der Waals surface area (Å²) in [7, 11) is -4.75. The fraction of sp³-hybridized carbons (Fsp3) is 0.765. The fourth-order valence-electron chi connectivity index (χ4n) is 2.05. The van der Waals surface area contributed by atoms with Crippen LogP contribution in [0.25, 0.3) is 0 Å². The van der Waals surface area contributed by atoms with Gasteiger partial charge in [-0.1, -0.05) is 52.4 Å². The van der Waals surface area contributed by atoms with Gasteiger partial charge in [0.05, 0.1) is 19.3 Å². The Morgan fingerprint density at radius 2 is 1.64 bits per heavy atom. The van der Waals surface area contributed by atoms with Gasteiger partial charge in [-0.3, -0.25) is 14.1 Å². The highest BCUT2D eigenvalue weighted by atomic mass is 32.2. The van der Waals surface area contributed by atoms with E-state index in [1.807, 2.05) is 0 Å². The van der Waals surface area contributed by atoms with E-state index in [2.05, 4.69) is 11.7 Å². The van der Waals surface area contributed by atoms with Crippen molar-refractivity contribution in [3.8, 4) is 0 Å². The Hall–Kier alpha value is -1.41. The van der Waals surface area contributed by atoms with Crippen molar-refractivity contribution < 1.29 is 32.0 Å². The van der Waals surface area contributed by atoms with Crippen molar-refractivity contribution in [2.45, 2.75) is 76.9 Å². The standard InChI is InChI=1S/C17H30O7S/c1-3-5-7-8-9-10-11-13-23-16(18)14-15(25(20,21)22)17(19)24-12-6-4-2/h6,12,15H,3-5,7-11,13-14H2,1-2H3,(H,20,21,22)/b12-6+. The van der Waals surface area contributed by atoms with E-state index in [0.29, 0.717) is 12.8 Å². The van der Waals surface area contributed by atoms with Crippen LogP contribution in [-0.2, 0) is 29.2 Å². The van der Waals surface area contributed by atoms with E-state index in [9.17, 15) is 18.0 Å². The number of ether oxygens (including phenoxy) is 2. The molecular weight excluding hydrogens is 348 g/mol. The normalized spacial score (nSPS) is 12.9. The van der Waals surface area contributed by atoms with Crippen LogP contribution in [0.3, 0.4) is 0 Å². The SMILES string of the molecule is CC/C=C/OC(=O)C(CC(=O)OCCCCCCCCC)S(=O)(=O)O. The Morgan fingerprint density at radius 1 is 1.04 bits per heavy atom. The zero-order chi connectivity index (χ0) is 19.1. The Kier molecular flexibility index (Phi) is 13.1. The van der Waals surface area contributed by atoms with Crippen LogP contribution in [-0.4, -0.2) is 36.8 Å². The molecule has 1 N–H and O–H groups in total. The molecule has 0 saturated heterocycles. The number of unbranched alkanes of at least 4 members (excludes halogenated alkanes) is 6. The molecule has 0 aromatic carbocycles. The zero-order valence-corrected chi connectivity index (χ0v) is 15.9. The summed E-state index contributed by atoms with van der Waals surface area (Å²) in [5.41, 5.74) is 0. The van der Waals surface area contributed by atoms with Gasteiger partial charge in [-0.15, -0.1) is 0 Å². The number of hydrogen-bond acceptors (Lipinski definition) is 6. The lowest BCUT2D eigenvalue weighted by molar-refractivity contribution is -0.147. The Morgan fingerprint density at radius 3 is 2.20 bits per heavy atom. The highest BCUT2D eigenvalue weighted by Gasteiger charge is 2.35. The van der Waals surface area contributed by atoms with Crippen LogP contribution in [0.4, 0.5) is 0 Å². The zero-order valence-electron chi connectivity index (χ0n) is 15.1. The van der Waals surface area contributed by atoms with Crippen molar-refractivity contribution in [2.75, 3.05) is 6.61 Å². The minimum absolute atomic E-state index is 0.162. The van der Waals surface area contributed by atoms with Gasteiger partial charge in [0.25, 0.3) is 10.1 Å². The minimum atomic E-state index is -4.75. The molecule has 8 heteroatoms. The molecule has 7 nitrogen and oxygen atoms in total. The van der Waals surface area contributed by atoms with Crippen LogP contribution >= 0.6 is 0 Å². The summed E-state index contributed by atoms with van der Waals surface area (Å²) in [6.45, 7) is 4.11. The molecule has 0 rings (SSSR count). The minimum Gasteiger partial charge on any atom is -0.466 e. The van der Waals surface area contributed by atoms with Gasteiger partial charge >= 0.3 is 11.9 Å². The number of hydrogen-bond donors (Lipinski definition) is 1. The molecule has 0 aliphatic heterocycles. The van der Waals surface area contributed by atoms with Crippen molar-refractivity contribution in [3.63, 3.8) is 0 Å². The molecule has 0 bridgehead atoms. The molecule has 0 saturated carbocycles. The van der Waals surface area contributed by atoms with Crippen molar-refractivity contribution in [2.24, 2.45) is 0 Å². The quantitative estimate of drug-likeness (QED) is 0.214. The second-order valence-corrected chi connectivity index (χ2v) is 7.37. The van der Waals surface area contributed by atoms with Gasteiger partial charge in [-0.2, -0.15) is 8.42 Å². The van der Waals surface area contributed by atoms with Gasteiger partial charge in [-0.05, 0) is 18.9 Å². The molecule has 1 unspecified atom stereocenters. The first kappa shape index (κ1) is 23.6. The van der Waals surface area contributed by atoms with Crippen molar-refractivity contribution in [3.05, 3.63) is 12.3 Å². The third-order valence-corrected chi connectivity index (χ3v) is 4.58. The number of esters is 2. The largest absolute Gasteiger partial charge is 0.466 e. The van der Waals surface area contributed by atoms with Crippen LogP contribution < -0.4 is 0 Å². The molecule has 1 atom stereocenters. The summed E-state index contributed by atoms with van der Waals surface area (Å²) in [6, 6.07) is 0. The molecule has 0 amide bonds. The lowest BCUT2D eigenvalue weighted by Gasteiger charge is -2.11. The van der Waals surface area contributed by atoms with Crippen LogP contribution in [0.1, 0.15) is 71.6 Å². The van der Waals surface area contributed by atoms with Gasteiger partial charge in [0.15, 0.2) is 5.25 Å². The van der Waals surface area contributed by atoms with E-state index in [1.54, 1.807) is 6.92 Å². The topological polar surface area (TPSA) is 107 Å². The lowest BCUT2D eigenvalue weighted by Crippen LogP contribution is -2.33. The summed E-state index contributed by atoms with van der Waals surface area (Å²) in [6.07, 6.45) is 9.74. The second-order valence-electron chi connectivity index (χ2n) is 5.77. The number of rotatable bonds is 14. The van der Waals surface area contributed by atoms with Crippen LogP contribution in [0, 0.1) is 0 Å². The maximum Gasteiger partial charge on any atom is 0.332 e. The maximum atomic E-state index is 11.7. The molecule has 0 spiro atoms. The van der Waals surface area contributed by atoms with Crippen molar-refractivity contribution in [1.82, 2.24) is 0 Å². The molecule has 0 heterocycles. The molecule has 0 aliphatic rings. The van der Waals surface area contributed by atoms with Crippen molar-refractivity contribution >= 4 is 22.1 Å². The first-order valence-corrected chi connectivity index (χ1v) is 10.3. The van der Waals surface area contributed by atoms with Gasteiger partial charge in [0.1, 0.15) is 0 Å². The third-order valence-electron chi connectivity index (χ3n) is 3.50. The molecule has 0 radical (unpaired) electrons. The summed E-state index contributed by atoms with van der Waals surface area (Å²) >= 11 is 0. The van der Waals surface area contributed by atoms with Crippen LogP contribution in [0.5, 0.6) is 0 Å². The van der Waals surface area contributed by atoms with E-state index in [1.165, 1.54) is 25.3 Å². The van der Waals surface area contributed by atoms with Crippen LogP contribution in [0.15, 0.2) is 12.3 Å². The third kappa shape index (κ3) is 12.6. The lowest BCUT2D eigenvalue weighted by atomic mass is 10.1. The van der Waals surface area contributed by atoms with E-state index < -0.39 is 33.7 Å². The first-order valence-electron chi connectivity index (χ1n) is 8.80. The second kappa shape index (κ2) is 13.8. The summed E-state index contributed by atoms with van der Waals surface area (Å²) < 4.78 is 41.2. The smallest absolute Gasteiger partial charge is 0.332 e. The van der Waals surface area contributed by atoms with E-state index >= 15 is 0 Å². The predicted octanol–water partition coefficient (Wildman–Crippen LogP) is 3.39. The molecule has 25 heavy (non-hydrogen) atoms. The Balaban J connectivity index is 4.19. The van der Waals surface area contributed by atoms with Gasteiger partial charge < -0.3 is 9.47 Å². The molecule has 0 aromatic heterocycles. The summed E-state index contributed by atoms with van der Waals surface area (Å²) in [4.78, 5) is 23.4. The molecule has 0 fully saturated rings. The molecule has 0 aliphatic carbocycles. The average molecular weight is 378 g/mol. The Labute approximate surface area is 150 Å². The highest BCUT2D eigenvalue weighted by molar-refractivity contribution is 7.87. The molecular formula is C17H30O7S. The monoisotopic (exact) mass is 378 g/mol. The summed E-state index contributed by atoms with van der Waals surface area (Å²) in [5.74, 6) is -2.06. The highest BCUT2D eigenvalue weighted by Crippen LogP contribution is 2.10. The summed E-state index contributed by atoms with van der Waals surface area (Å²) in [5, 5.41) is -1.98. The maximum absolute atomic E-state index is 11.7. The number of carbonyl (C=O) groups excluding carboxylic acids is 2. The number of allylic oxidation sites excluding steroid dienone is 1. The van der Waals surface area contributed by atoms with E-state index in [-0.39, 0.29) is 6.61 Å². The predicted molar refractivity (Wildman–Crippen MR) is 94.4 cm³/mol. The fourth-order valence-corrected chi connectivity index (χ4v) is 2.70. The number of carbonyl (C=O) groups is 2. The first-order chi connectivity index (χ1) is 11.8. The molecule has 146 valence electrons. The van der Waals surface area contributed by atoms with E-state index in [4.69, 9.17) is 9.29 Å². The molecule has 0 aromatic rings. The van der Waals surface area contributed by atoms with Gasteiger partial charge in [0.2, 0.25) is 0 Å².